The highest BCUT2D eigenvalue weighted by molar-refractivity contribution is 5.21. The van der Waals surface area contributed by atoms with Crippen molar-refractivity contribution in [2.75, 3.05) is 39.5 Å². The van der Waals surface area contributed by atoms with E-state index in [1.807, 2.05) is 6.07 Å². The zero-order chi connectivity index (χ0) is 15.6. The minimum Gasteiger partial charge on any atom is -0.395 e. The third-order valence-electron chi connectivity index (χ3n) is 4.34. The SMILES string of the molecule is CCCCCNC(CO)C(c1ccccc1)N1CCOCC1. The molecule has 1 aromatic carbocycles. The fourth-order valence-electron chi connectivity index (χ4n) is 3.14. The Labute approximate surface area is 134 Å². The number of morpholine rings is 1. The zero-order valence-electron chi connectivity index (χ0n) is 13.7. The zero-order valence-corrected chi connectivity index (χ0v) is 13.7. The van der Waals surface area contributed by atoms with Crippen molar-refractivity contribution >= 4 is 0 Å². The first kappa shape index (κ1) is 17.4. The molecule has 1 aliphatic heterocycles. The lowest BCUT2D eigenvalue weighted by Gasteiger charge is -2.39. The summed E-state index contributed by atoms with van der Waals surface area (Å²) in [5.74, 6) is 0. The van der Waals surface area contributed by atoms with Gasteiger partial charge in [-0.3, -0.25) is 4.90 Å². The molecule has 0 aromatic heterocycles. The molecule has 1 fully saturated rings. The van der Waals surface area contributed by atoms with E-state index in [0.717, 1.165) is 39.3 Å². The summed E-state index contributed by atoms with van der Waals surface area (Å²) in [4.78, 5) is 2.44. The number of nitrogens with one attached hydrogen (secondary N) is 1. The highest BCUT2D eigenvalue weighted by Gasteiger charge is 2.29. The number of hydrogen-bond acceptors (Lipinski definition) is 4. The molecule has 2 atom stereocenters. The van der Waals surface area contributed by atoms with Gasteiger partial charge < -0.3 is 15.2 Å². The second-order valence-corrected chi connectivity index (χ2v) is 5.95. The highest BCUT2D eigenvalue weighted by Crippen LogP contribution is 2.25. The van der Waals surface area contributed by atoms with Crippen LogP contribution in [0.2, 0.25) is 0 Å². The summed E-state index contributed by atoms with van der Waals surface area (Å²) < 4.78 is 5.49. The molecule has 4 nitrogen and oxygen atoms in total. The van der Waals surface area contributed by atoms with E-state index >= 15 is 0 Å². The van der Waals surface area contributed by atoms with Crippen LogP contribution in [0.25, 0.3) is 0 Å². The van der Waals surface area contributed by atoms with Crippen molar-refractivity contribution < 1.29 is 9.84 Å². The molecule has 0 spiro atoms. The quantitative estimate of drug-likeness (QED) is 0.687. The van der Waals surface area contributed by atoms with Gasteiger partial charge in [0.25, 0.3) is 0 Å². The first-order chi connectivity index (χ1) is 10.9. The molecule has 2 rings (SSSR count). The molecule has 1 aromatic rings. The van der Waals surface area contributed by atoms with Gasteiger partial charge in [-0.2, -0.15) is 0 Å². The summed E-state index contributed by atoms with van der Waals surface area (Å²) >= 11 is 0. The topological polar surface area (TPSA) is 44.7 Å². The molecule has 2 unspecified atom stereocenters. The summed E-state index contributed by atoms with van der Waals surface area (Å²) in [6.07, 6.45) is 3.62. The average molecular weight is 306 g/mol. The largest absolute Gasteiger partial charge is 0.395 e. The van der Waals surface area contributed by atoms with E-state index in [2.05, 4.69) is 41.4 Å². The van der Waals surface area contributed by atoms with Crippen molar-refractivity contribution in [2.45, 2.75) is 38.3 Å². The van der Waals surface area contributed by atoms with E-state index in [1.54, 1.807) is 0 Å². The van der Waals surface area contributed by atoms with E-state index in [1.165, 1.54) is 18.4 Å². The minimum absolute atomic E-state index is 0.0670. The lowest BCUT2D eigenvalue weighted by molar-refractivity contribution is 0.00135. The molecule has 0 saturated carbocycles. The maximum Gasteiger partial charge on any atom is 0.0603 e. The van der Waals surface area contributed by atoms with E-state index in [0.29, 0.717) is 0 Å². The Bertz CT molecular complexity index is 393. The number of hydrogen-bond donors (Lipinski definition) is 2. The number of unbranched alkanes of at least 4 members (excludes halogenated alkanes) is 2. The monoisotopic (exact) mass is 306 g/mol. The molecule has 124 valence electrons. The molecule has 0 radical (unpaired) electrons. The fourth-order valence-corrected chi connectivity index (χ4v) is 3.14. The lowest BCUT2D eigenvalue weighted by atomic mass is 9.97. The Kier molecular flexibility index (Phi) is 7.88. The molecule has 1 aliphatic rings. The lowest BCUT2D eigenvalue weighted by Crippen LogP contribution is -2.49. The first-order valence-electron chi connectivity index (χ1n) is 8.57. The molecular formula is C18H30N2O2. The van der Waals surface area contributed by atoms with Gasteiger partial charge in [0.05, 0.1) is 25.9 Å². The molecule has 0 amide bonds. The average Bonchev–Trinajstić information content (AvgIpc) is 2.59. The third kappa shape index (κ3) is 5.06. The molecule has 4 heteroatoms. The Morgan fingerprint density at radius 3 is 2.55 bits per heavy atom. The highest BCUT2D eigenvalue weighted by atomic mass is 16.5. The van der Waals surface area contributed by atoms with E-state index in [4.69, 9.17) is 4.74 Å². The molecule has 1 heterocycles. The van der Waals surface area contributed by atoms with Gasteiger partial charge in [0.1, 0.15) is 0 Å². The van der Waals surface area contributed by atoms with Gasteiger partial charge in [0.2, 0.25) is 0 Å². The van der Waals surface area contributed by atoms with Crippen LogP contribution in [0.3, 0.4) is 0 Å². The molecule has 22 heavy (non-hydrogen) atoms. The van der Waals surface area contributed by atoms with Crippen molar-refractivity contribution in [3.05, 3.63) is 35.9 Å². The summed E-state index contributed by atoms with van der Waals surface area (Å²) in [5, 5.41) is 13.5. The summed E-state index contributed by atoms with van der Waals surface area (Å²) in [6.45, 7) is 6.73. The van der Waals surface area contributed by atoms with E-state index in [9.17, 15) is 5.11 Å². The molecular weight excluding hydrogens is 276 g/mol. The summed E-state index contributed by atoms with van der Waals surface area (Å²) in [7, 11) is 0. The van der Waals surface area contributed by atoms with Crippen molar-refractivity contribution in [3.8, 4) is 0 Å². The van der Waals surface area contributed by atoms with Crippen molar-refractivity contribution in [1.82, 2.24) is 10.2 Å². The van der Waals surface area contributed by atoms with Crippen LogP contribution in [0.1, 0.15) is 37.8 Å². The Balaban J connectivity index is 2.07. The van der Waals surface area contributed by atoms with Crippen molar-refractivity contribution in [3.63, 3.8) is 0 Å². The number of ether oxygens (including phenoxy) is 1. The van der Waals surface area contributed by atoms with Gasteiger partial charge >= 0.3 is 0 Å². The predicted octanol–water partition coefficient (Wildman–Crippen LogP) is 2.20. The molecule has 0 bridgehead atoms. The minimum atomic E-state index is 0.0670. The Morgan fingerprint density at radius 2 is 1.91 bits per heavy atom. The van der Waals surface area contributed by atoms with Crippen LogP contribution in [0.5, 0.6) is 0 Å². The van der Waals surface area contributed by atoms with Gasteiger partial charge in [-0.15, -0.1) is 0 Å². The van der Waals surface area contributed by atoms with Crippen LogP contribution in [-0.4, -0.2) is 55.5 Å². The predicted molar refractivity (Wildman–Crippen MR) is 90.0 cm³/mol. The number of nitrogens with zero attached hydrogens (tertiary/aromatic N) is 1. The maximum absolute atomic E-state index is 9.92. The molecule has 2 N–H and O–H groups in total. The van der Waals surface area contributed by atoms with Crippen LogP contribution in [0.15, 0.2) is 30.3 Å². The van der Waals surface area contributed by atoms with Crippen LogP contribution < -0.4 is 5.32 Å². The van der Waals surface area contributed by atoms with E-state index < -0.39 is 0 Å². The third-order valence-corrected chi connectivity index (χ3v) is 4.34. The van der Waals surface area contributed by atoms with Gasteiger partial charge in [-0.25, -0.2) is 0 Å². The van der Waals surface area contributed by atoms with Crippen LogP contribution in [0, 0.1) is 0 Å². The number of aliphatic hydroxyl groups is 1. The Morgan fingerprint density at radius 1 is 1.18 bits per heavy atom. The van der Waals surface area contributed by atoms with Crippen molar-refractivity contribution in [1.29, 1.82) is 0 Å². The second-order valence-electron chi connectivity index (χ2n) is 5.95. The van der Waals surface area contributed by atoms with Gasteiger partial charge in [-0.05, 0) is 18.5 Å². The van der Waals surface area contributed by atoms with Crippen LogP contribution in [0.4, 0.5) is 0 Å². The van der Waals surface area contributed by atoms with Gasteiger partial charge in [-0.1, -0.05) is 50.1 Å². The summed E-state index contributed by atoms with van der Waals surface area (Å²) in [6, 6.07) is 10.8. The van der Waals surface area contributed by atoms with Gasteiger partial charge in [0.15, 0.2) is 0 Å². The van der Waals surface area contributed by atoms with Crippen LogP contribution >= 0.6 is 0 Å². The fraction of sp³-hybridized carbons (Fsp3) is 0.667. The smallest absolute Gasteiger partial charge is 0.0603 e. The van der Waals surface area contributed by atoms with Gasteiger partial charge in [0, 0.05) is 19.1 Å². The standard InChI is InChI=1S/C18H30N2O2/c1-2-3-7-10-19-17(15-21)18(16-8-5-4-6-9-16)20-11-13-22-14-12-20/h4-6,8-9,17-19,21H,2-3,7,10-15H2,1H3. The Hall–Kier alpha value is -0.940. The van der Waals surface area contributed by atoms with Crippen LogP contribution in [-0.2, 0) is 4.74 Å². The van der Waals surface area contributed by atoms with Crippen molar-refractivity contribution in [2.24, 2.45) is 0 Å². The molecule has 1 saturated heterocycles. The number of aliphatic hydroxyl groups excluding tert-OH is 1. The maximum atomic E-state index is 9.92. The molecule has 0 aliphatic carbocycles. The summed E-state index contributed by atoms with van der Waals surface area (Å²) in [5.41, 5.74) is 1.27. The first-order valence-corrected chi connectivity index (χ1v) is 8.57. The normalized spacial score (nSPS) is 19.0. The number of rotatable bonds is 9. The second kappa shape index (κ2) is 9.95. The van der Waals surface area contributed by atoms with E-state index in [-0.39, 0.29) is 18.7 Å². The number of benzene rings is 1.